The second kappa shape index (κ2) is 10.2. The summed E-state index contributed by atoms with van der Waals surface area (Å²) in [5.41, 5.74) is 1.71. The van der Waals surface area contributed by atoms with Gasteiger partial charge in [0.25, 0.3) is 5.91 Å². The normalized spacial score (nSPS) is 15.5. The summed E-state index contributed by atoms with van der Waals surface area (Å²) in [5.74, 6) is 0.658. The van der Waals surface area contributed by atoms with E-state index in [-0.39, 0.29) is 25.2 Å². The van der Waals surface area contributed by atoms with E-state index in [1.54, 1.807) is 18.2 Å². The van der Waals surface area contributed by atoms with Gasteiger partial charge in [-0.3, -0.25) is 14.5 Å². The third kappa shape index (κ3) is 5.67. The molecule has 0 atom stereocenters. The minimum absolute atomic E-state index is 0.0526. The van der Waals surface area contributed by atoms with E-state index in [9.17, 15) is 9.59 Å². The van der Waals surface area contributed by atoms with Crippen LogP contribution in [-0.2, 0) is 4.79 Å². The Bertz CT molecular complexity index is 898. The van der Waals surface area contributed by atoms with Crippen molar-refractivity contribution in [3.63, 3.8) is 0 Å². The van der Waals surface area contributed by atoms with Crippen LogP contribution >= 0.6 is 0 Å². The van der Waals surface area contributed by atoms with E-state index in [0.717, 1.165) is 39.1 Å². The molecule has 0 spiro atoms. The van der Waals surface area contributed by atoms with Crippen molar-refractivity contribution in [3.05, 3.63) is 54.1 Å². The third-order valence-corrected chi connectivity index (χ3v) is 5.51. The van der Waals surface area contributed by atoms with Crippen LogP contribution in [0.15, 0.2) is 48.5 Å². The largest absolute Gasteiger partial charge is 0.454 e. The smallest absolute Gasteiger partial charge is 0.251 e. The Morgan fingerprint density at radius 1 is 0.903 bits per heavy atom. The average Bonchev–Trinajstić information content (AvgIpc) is 3.29. The van der Waals surface area contributed by atoms with Crippen molar-refractivity contribution in [2.75, 3.05) is 57.5 Å². The van der Waals surface area contributed by atoms with E-state index in [0.29, 0.717) is 23.6 Å². The quantitative estimate of drug-likeness (QED) is 0.625. The summed E-state index contributed by atoms with van der Waals surface area (Å²) in [5, 5.41) is 5.51. The summed E-state index contributed by atoms with van der Waals surface area (Å²) >= 11 is 0. The van der Waals surface area contributed by atoms with Gasteiger partial charge in [0.15, 0.2) is 11.5 Å². The first-order valence-corrected chi connectivity index (χ1v) is 10.7. The van der Waals surface area contributed by atoms with Crippen LogP contribution in [0.25, 0.3) is 0 Å². The molecule has 0 radical (unpaired) electrons. The molecule has 2 N–H and O–H groups in total. The number of hydrogen-bond acceptors (Lipinski definition) is 6. The van der Waals surface area contributed by atoms with Crippen LogP contribution in [0.2, 0.25) is 0 Å². The van der Waals surface area contributed by atoms with Crippen molar-refractivity contribution in [3.8, 4) is 11.5 Å². The standard InChI is InChI=1S/C23H28N4O4/c28-22(16-25-23(29)18-7-8-20-21(15-18)31-17-30-20)24-9-4-10-26-11-13-27(14-12-26)19-5-2-1-3-6-19/h1-3,5-8,15H,4,9-14,16-17H2,(H,24,28)(H,25,29). The Balaban J connectivity index is 1.09. The van der Waals surface area contributed by atoms with Crippen molar-refractivity contribution in [1.82, 2.24) is 15.5 Å². The summed E-state index contributed by atoms with van der Waals surface area (Å²) in [6.45, 7) is 5.73. The molecular weight excluding hydrogens is 396 g/mol. The van der Waals surface area contributed by atoms with Gasteiger partial charge in [0.05, 0.1) is 6.54 Å². The highest BCUT2D eigenvalue weighted by Crippen LogP contribution is 2.32. The summed E-state index contributed by atoms with van der Waals surface area (Å²) < 4.78 is 10.5. The van der Waals surface area contributed by atoms with E-state index in [4.69, 9.17) is 9.47 Å². The van der Waals surface area contributed by atoms with Crippen molar-refractivity contribution in [2.24, 2.45) is 0 Å². The van der Waals surface area contributed by atoms with Crippen molar-refractivity contribution >= 4 is 17.5 Å². The molecule has 0 aromatic heterocycles. The maximum atomic E-state index is 12.2. The lowest BCUT2D eigenvalue weighted by Crippen LogP contribution is -2.47. The summed E-state index contributed by atoms with van der Waals surface area (Å²) in [6, 6.07) is 15.4. The van der Waals surface area contributed by atoms with E-state index in [1.165, 1.54) is 5.69 Å². The van der Waals surface area contributed by atoms with Gasteiger partial charge in [-0.25, -0.2) is 0 Å². The number of fused-ring (bicyclic) bond motifs is 1. The molecule has 4 rings (SSSR count). The number of hydrogen-bond donors (Lipinski definition) is 2. The maximum absolute atomic E-state index is 12.2. The monoisotopic (exact) mass is 424 g/mol. The molecule has 2 aliphatic rings. The maximum Gasteiger partial charge on any atom is 0.251 e. The Morgan fingerprint density at radius 2 is 1.68 bits per heavy atom. The minimum Gasteiger partial charge on any atom is -0.454 e. The Labute approximate surface area is 182 Å². The molecule has 2 aliphatic heterocycles. The predicted molar refractivity (Wildman–Crippen MR) is 118 cm³/mol. The number of nitrogens with zero attached hydrogens (tertiary/aromatic N) is 2. The minimum atomic E-state index is -0.315. The van der Waals surface area contributed by atoms with Gasteiger partial charge in [0.2, 0.25) is 12.7 Å². The molecule has 2 heterocycles. The summed E-state index contributed by atoms with van der Waals surface area (Å²) in [7, 11) is 0. The molecule has 0 unspecified atom stereocenters. The van der Waals surface area contributed by atoms with E-state index < -0.39 is 0 Å². The van der Waals surface area contributed by atoms with E-state index in [1.807, 2.05) is 6.07 Å². The summed E-state index contributed by atoms with van der Waals surface area (Å²) in [6.07, 6.45) is 0.882. The Kier molecular flexibility index (Phi) is 6.89. The van der Waals surface area contributed by atoms with Gasteiger partial charge in [-0.2, -0.15) is 0 Å². The van der Waals surface area contributed by atoms with Gasteiger partial charge in [0.1, 0.15) is 0 Å². The second-order valence-corrected chi connectivity index (χ2v) is 7.62. The van der Waals surface area contributed by atoms with Gasteiger partial charge >= 0.3 is 0 Å². The number of ether oxygens (including phenoxy) is 2. The first-order valence-electron chi connectivity index (χ1n) is 10.7. The SMILES string of the molecule is O=C(CNC(=O)c1ccc2c(c1)OCO2)NCCCN1CCN(c2ccccc2)CC1. The van der Waals surface area contributed by atoms with Crippen LogP contribution in [0.5, 0.6) is 11.5 Å². The zero-order valence-electron chi connectivity index (χ0n) is 17.5. The number of piperazine rings is 1. The van der Waals surface area contributed by atoms with Crippen molar-refractivity contribution < 1.29 is 19.1 Å². The van der Waals surface area contributed by atoms with Crippen LogP contribution < -0.4 is 25.0 Å². The molecule has 164 valence electrons. The molecule has 2 aromatic carbocycles. The first-order chi connectivity index (χ1) is 15.2. The zero-order chi connectivity index (χ0) is 21.5. The van der Waals surface area contributed by atoms with Crippen LogP contribution in [-0.4, -0.2) is 69.3 Å². The predicted octanol–water partition coefficient (Wildman–Crippen LogP) is 1.47. The topological polar surface area (TPSA) is 83.1 Å². The first kappa shape index (κ1) is 21.0. The lowest BCUT2D eigenvalue weighted by Gasteiger charge is -2.36. The molecule has 31 heavy (non-hydrogen) atoms. The van der Waals surface area contributed by atoms with E-state index >= 15 is 0 Å². The van der Waals surface area contributed by atoms with Crippen molar-refractivity contribution in [1.29, 1.82) is 0 Å². The Hall–Kier alpha value is -3.26. The average molecular weight is 425 g/mol. The Morgan fingerprint density at radius 3 is 2.48 bits per heavy atom. The number of carbonyl (C=O) groups excluding carboxylic acids is 2. The molecule has 8 heteroatoms. The van der Waals surface area contributed by atoms with Crippen LogP contribution in [0, 0.1) is 0 Å². The highest BCUT2D eigenvalue weighted by Gasteiger charge is 2.18. The zero-order valence-corrected chi connectivity index (χ0v) is 17.5. The second-order valence-electron chi connectivity index (χ2n) is 7.62. The third-order valence-electron chi connectivity index (χ3n) is 5.51. The highest BCUT2D eigenvalue weighted by atomic mass is 16.7. The molecule has 0 bridgehead atoms. The fourth-order valence-corrected chi connectivity index (χ4v) is 3.76. The molecule has 0 saturated carbocycles. The van der Waals surface area contributed by atoms with Crippen LogP contribution in [0.4, 0.5) is 5.69 Å². The molecule has 2 aromatic rings. The van der Waals surface area contributed by atoms with Gasteiger partial charge in [-0.15, -0.1) is 0 Å². The molecule has 8 nitrogen and oxygen atoms in total. The van der Waals surface area contributed by atoms with Gasteiger partial charge in [-0.1, -0.05) is 18.2 Å². The van der Waals surface area contributed by atoms with Crippen LogP contribution in [0.3, 0.4) is 0 Å². The molecule has 1 saturated heterocycles. The number of para-hydroxylation sites is 1. The fraction of sp³-hybridized carbons (Fsp3) is 0.391. The number of nitrogens with one attached hydrogen (secondary N) is 2. The molecule has 1 fully saturated rings. The van der Waals surface area contributed by atoms with Crippen molar-refractivity contribution in [2.45, 2.75) is 6.42 Å². The van der Waals surface area contributed by atoms with Crippen LogP contribution in [0.1, 0.15) is 16.8 Å². The van der Waals surface area contributed by atoms with Gasteiger partial charge in [-0.05, 0) is 43.3 Å². The number of rotatable bonds is 8. The fourth-order valence-electron chi connectivity index (χ4n) is 3.76. The summed E-state index contributed by atoms with van der Waals surface area (Å²) in [4.78, 5) is 29.1. The number of amides is 2. The van der Waals surface area contributed by atoms with Gasteiger partial charge < -0.3 is 25.0 Å². The lowest BCUT2D eigenvalue weighted by molar-refractivity contribution is -0.120. The van der Waals surface area contributed by atoms with E-state index in [2.05, 4.69) is 44.7 Å². The molecule has 0 aliphatic carbocycles. The molecule has 2 amide bonds. The molecular formula is C23H28N4O4. The number of carbonyl (C=O) groups is 2. The lowest BCUT2D eigenvalue weighted by atomic mass is 10.2. The number of anilines is 1. The highest BCUT2D eigenvalue weighted by molar-refractivity contribution is 5.97. The number of benzene rings is 2. The van der Waals surface area contributed by atoms with Gasteiger partial charge in [0, 0.05) is 44.0 Å².